The largest absolute Gasteiger partial charge is 0.462 e. The Hall–Kier alpha value is -2.01. The number of rotatable bonds is 1. The summed E-state index contributed by atoms with van der Waals surface area (Å²) in [6.07, 6.45) is 2.86. The van der Waals surface area contributed by atoms with Gasteiger partial charge in [0.05, 0.1) is 20.9 Å². The Bertz CT molecular complexity index is 1100. The average Bonchev–Trinajstić information content (AvgIpc) is 2.87. The van der Waals surface area contributed by atoms with E-state index in [-0.39, 0.29) is 32.8 Å². The average molecular weight is 375 g/mol. The zero-order valence-corrected chi connectivity index (χ0v) is 14.3. The van der Waals surface area contributed by atoms with Gasteiger partial charge >= 0.3 is 0 Å². The number of benzene rings is 2. The van der Waals surface area contributed by atoms with Gasteiger partial charge in [0.1, 0.15) is 6.26 Å². The van der Waals surface area contributed by atoms with Crippen molar-refractivity contribution in [1.82, 2.24) is 0 Å². The zero-order chi connectivity index (χ0) is 16.8. The number of ketones is 1. The van der Waals surface area contributed by atoms with Crippen LogP contribution in [0, 0.1) is 0 Å². The highest BCUT2D eigenvalue weighted by Gasteiger charge is 2.25. The van der Waals surface area contributed by atoms with Crippen molar-refractivity contribution >= 4 is 57.8 Å². The van der Waals surface area contributed by atoms with E-state index in [2.05, 4.69) is 0 Å². The van der Waals surface area contributed by atoms with E-state index in [1.165, 1.54) is 30.2 Å². The summed E-state index contributed by atoms with van der Waals surface area (Å²) in [7, 11) is 0. The van der Waals surface area contributed by atoms with Gasteiger partial charge in [0.2, 0.25) is 5.78 Å². The number of thioether (sulfide) groups is 1. The second-order valence-corrected chi connectivity index (χ2v) is 7.15. The van der Waals surface area contributed by atoms with Crippen molar-refractivity contribution in [3.8, 4) is 0 Å². The number of allylic oxidation sites excluding steroid dienone is 1. The first-order valence-corrected chi connectivity index (χ1v) is 8.55. The number of fused-ring (bicyclic) bond motifs is 2. The Morgan fingerprint density at radius 2 is 1.88 bits per heavy atom. The normalized spacial score (nSPS) is 15.2. The number of hydrogen-bond donors (Lipinski definition) is 0. The third-order valence-corrected chi connectivity index (χ3v) is 5.28. The van der Waals surface area contributed by atoms with Crippen LogP contribution in [0.3, 0.4) is 0 Å². The first kappa shape index (κ1) is 15.5. The van der Waals surface area contributed by atoms with Crippen molar-refractivity contribution in [1.29, 1.82) is 0 Å². The molecule has 0 atom stereocenters. The molecule has 0 saturated heterocycles. The molecule has 1 aromatic heterocycles. The van der Waals surface area contributed by atoms with Gasteiger partial charge in [0, 0.05) is 15.5 Å². The summed E-state index contributed by atoms with van der Waals surface area (Å²) < 4.78 is 5.48. The highest BCUT2D eigenvalue weighted by atomic mass is 35.5. The lowest BCUT2D eigenvalue weighted by Crippen LogP contribution is -2.06. The Kier molecular flexibility index (Phi) is 3.76. The number of hydrogen-bond acceptors (Lipinski definition) is 4. The Balaban J connectivity index is 1.86. The molecule has 0 radical (unpaired) electrons. The SMILES string of the molecule is O=C1/C(=C\c2coc3c(Cl)cc(Cl)cc3c2=O)Sc2ccccc21. The minimum atomic E-state index is -0.280. The van der Waals surface area contributed by atoms with Crippen LogP contribution in [0.2, 0.25) is 10.0 Å². The van der Waals surface area contributed by atoms with E-state index in [0.717, 1.165) is 4.90 Å². The monoisotopic (exact) mass is 374 g/mol. The maximum Gasteiger partial charge on any atom is 0.200 e. The van der Waals surface area contributed by atoms with E-state index < -0.39 is 0 Å². The minimum Gasteiger partial charge on any atom is -0.462 e. The molecule has 24 heavy (non-hydrogen) atoms. The summed E-state index contributed by atoms with van der Waals surface area (Å²) in [4.78, 5) is 26.4. The number of carbonyl (C=O) groups is 1. The van der Waals surface area contributed by atoms with Crippen LogP contribution < -0.4 is 5.43 Å². The Morgan fingerprint density at radius 3 is 2.67 bits per heavy atom. The number of Topliss-reactive ketones (excluding diaryl/α,β-unsaturated/α-hetero) is 1. The van der Waals surface area contributed by atoms with E-state index >= 15 is 0 Å². The van der Waals surface area contributed by atoms with E-state index in [1.807, 2.05) is 18.2 Å². The van der Waals surface area contributed by atoms with Crippen molar-refractivity contribution in [3.05, 3.63) is 79.0 Å². The highest BCUT2D eigenvalue weighted by molar-refractivity contribution is 8.04. The van der Waals surface area contributed by atoms with Crippen LogP contribution in [0.4, 0.5) is 0 Å². The lowest BCUT2D eigenvalue weighted by molar-refractivity contribution is 0.104. The van der Waals surface area contributed by atoms with E-state index in [1.54, 1.807) is 12.1 Å². The van der Waals surface area contributed by atoms with Gasteiger partial charge < -0.3 is 4.42 Å². The predicted octanol–water partition coefficient (Wildman–Crippen LogP) is 5.43. The van der Waals surface area contributed by atoms with Crippen molar-refractivity contribution in [2.45, 2.75) is 4.90 Å². The number of carbonyl (C=O) groups excluding carboxylic acids is 1. The maximum atomic E-state index is 12.7. The van der Waals surface area contributed by atoms with Gasteiger partial charge in [0.25, 0.3) is 0 Å². The molecule has 0 unspecified atom stereocenters. The molecule has 3 nitrogen and oxygen atoms in total. The fourth-order valence-corrected chi connectivity index (χ4v) is 4.14. The van der Waals surface area contributed by atoms with Gasteiger partial charge in [-0.2, -0.15) is 0 Å². The molecule has 0 bridgehead atoms. The van der Waals surface area contributed by atoms with Gasteiger partial charge in [-0.15, -0.1) is 0 Å². The van der Waals surface area contributed by atoms with Gasteiger partial charge in [-0.05, 0) is 30.3 Å². The van der Waals surface area contributed by atoms with E-state index in [9.17, 15) is 9.59 Å². The second kappa shape index (κ2) is 5.81. The molecule has 3 aromatic rings. The molecule has 0 saturated carbocycles. The molecule has 0 aliphatic carbocycles. The molecule has 0 amide bonds. The molecule has 4 rings (SSSR count). The number of halogens is 2. The van der Waals surface area contributed by atoms with E-state index in [0.29, 0.717) is 15.5 Å². The minimum absolute atomic E-state index is 0.0979. The van der Waals surface area contributed by atoms with Gasteiger partial charge in [-0.25, -0.2) is 0 Å². The molecular formula is C18H8Cl2O3S. The highest BCUT2D eigenvalue weighted by Crippen LogP contribution is 2.40. The molecule has 2 heterocycles. The lowest BCUT2D eigenvalue weighted by Gasteiger charge is -2.02. The third kappa shape index (κ3) is 2.47. The van der Waals surface area contributed by atoms with Crippen LogP contribution in [-0.4, -0.2) is 5.78 Å². The fraction of sp³-hybridized carbons (Fsp3) is 0. The molecular weight excluding hydrogens is 367 g/mol. The van der Waals surface area contributed by atoms with Crippen molar-refractivity contribution in [2.24, 2.45) is 0 Å². The summed E-state index contributed by atoms with van der Waals surface area (Å²) in [5, 5.41) is 0.908. The molecule has 0 N–H and O–H groups in total. The first-order valence-electron chi connectivity index (χ1n) is 6.98. The molecule has 2 aromatic carbocycles. The van der Waals surface area contributed by atoms with Crippen molar-refractivity contribution in [2.75, 3.05) is 0 Å². The van der Waals surface area contributed by atoms with Crippen molar-refractivity contribution < 1.29 is 9.21 Å². The fourth-order valence-electron chi connectivity index (χ4n) is 2.56. The van der Waals surface area contributed by atoms with E-state index in [4.69, 9.17) is 27.6 Å². The summed E-state index contributed by atoms with van der Waals surface area (Å²) in [6, 6.07) is 10.4. The predicted molar refractivity (Wildman–Crippen MR) is 97.1 cm³/mol. The second-order valence-electron chi connectivity index (χ2n) is 5.22. The van der Waals surface area contributed by atoms with Crippen LogP contribution in [0.1, 0.15) is 15.9 Å². The van der Waals surface area contributed by atoms with Crippen LogP contribution in [0.25, 0.3) is 17.0 Å². The molecule has 0 fully saturated rings. The Labute approximate surface area is 150 Å². The van der Waals surface area contributed by atoms with Crippen LogP contribution in [-0.2, 0) is 0 Å². The maximum absolute atomic E-state index is 12.7. The summed E-state index contributed by atoms with van der Waals surface area (Å²) in [6.45, 7) is 0. The van der Waals surface area contributed by atoms with Crippen molar-refractivity contribution in [3.63, 3.8) is 0 Å². The quantitative estimate of drug-likeness (QED) is 0.532. The van der Waals surface area contributed by atoms with Gasteiger partial charge in [0.15, 0.2) is 11.0 Å². The molecule has 118 valence electrons. The summed E-state index contributed by atoms with van der Waals surface area (Å²) in [5.41, 5.74) is 0.925. The molecule has 0 spiro atoms. The third-order valence-electron chi connectivity index (χ3n) is 3.68. The zero-order valence-electron chi connectivity index (χ0n) is 12.0. The molecule has 1 aliphatic heterocycles. The van der Waals surface area contributed by atoms with Crippen LogP contribution in [0.15, 0.2) is 61.7 Å². The summed E-state index contributed by atoms with van der Waals surface area (Å²) >= 11 is 13.4. The topological polar surface area (TPSA) is 47.3 Å². The van der Waals surface area contributed by atoms with Gasteiger partial charge in [-0.3, -0.25) is 9.59 Å². The standard InChI is InChI=1S/C18H8Cl2O3S/c19-10-6-12-16(21)9(8-23-18(12)13(20)7-10)5-15-17(22)11-3-1-2-4-14(11)24-15/h1-8H/b15-5+. The Morgan fingerprint density at radius 1 is 1.08 bits per heavy atom. The molecule has 6 heteroatoms. The lowest BCUT2D eigenvalue weighted by atomic mass is 10.1. The van der Waals surface area contributed by atoms with Crippen LogP contribution >= 0.6 is 35.0 Å². The van der Waals surface area contributed by atoms with Gasteiger partial charge in [-0.1, -0.05) is 47.1 Å². The summed E-state index contributed by atoms with van der Waals surface area (Å²) in [5.74, 6) is -0.0979. The first-order chi connectivity index (χ1) is 11.5. The smallest absolute Gasteiger partial charge is 0.200 e. The molecule has 1 aliphatic rings. The van der Waals surface area contributed by atoms with Crippen LogP contribution in [0.5, 0.6) is 0 Å².